The van der Waals surface area contributed by atoms with Crippen molar-refractivity contribution in [2.24, 2.45) is 0 Å². The van der Waals surface area contributed by atoms with Crippen LogP contribution in [0.5, 0.6) is 0 Å². The molecular formula is C7H9NS2. The summed E-state index contributed by atoms with van der Waals surface area (Å²) in [6, 6.07) is 0. The Labute approximate surface area is 69.2 Å². The molecule has 1 aromatic heterocycles. The summed E-state index contributed by atoms with van der Waals surface area (Å²) in [6.07, 6.45) is 4.83. The van der Waals surface area contributed by atoms with Crippen molar-refractivity contribution in [1.29, 1.82) is 0 Å². The van der Waals surface area contributed by atoms with Crippen LogP contribution in [0.25, 0.3) is 0 Å². The molecule has 0 bridgehead atoms. The van der Waals surface area contributed by atoms with Crippen LogP contribution in [0.1, 0.15) is 6.42 Å². The Morgan fingerprint density at radius 2 is 2.70 bits per heavy atom. The molecule has 0 amide bonds. The Hall–Kier alpha value is -0.280. The van der Waals surface area contributed by atoms with Crippen LogP contribution < -0.4 is 0 Å². The standard InChI is InChI=1S/C7H9NS2/c1-2-3-5-9-7-8-4-6-10-7/h2,4,6H,1,3,5H2. The lowest BCUT2D eigenvalue weighted by Crippen LogP contribution is -1.73. The molecule has 0 unspecified atom stereocenters. The summed E-state index contributed by atoms with van der Waals surface area (Å²) in [5.41, 5.74) is 0. The smallest absolute Gasteiger partial charge is 0.149 e. The van der Waals surface area contributed by atoms with Crippen LogP contribution in [0, 0.1) is 0 Å². The van der Waals surface area contributed by atoms with Crippen molar-refractivity contribution >= 4 is 23.1 Å². The molecule has 0 aliphatic carbocycles. The normalized spacial score (nSPS) is 9.60. The van der Waals surface area contributed by atoms with Gasteiger partial charge < -0.3 is 0 Å². The molecule has 0 spiro atoms. The van der Waals surface area contributed by atoms with Crippen molar-refractivity contribution < 1.29 is 0 Å². The lowest BCUT2D eigenvalue weighted by atomic mass is 10.5. The first-order valence-electron chi connectivity index (χ1n) is 3.06. The number of hydrogen-bond acceptors (Lipinski definition) is 3. The highest BCUT2D eigenvalue weighted by atomic mass is 32.2. The van der Waals surface area contributed by atoms with E-state index in [-0.39, 0.29) is 0 Å². The van der Waals surface area contributed by atoms with E-state index in [0.717, 1.165) is 16.5 Å². The molecule has 1 heterocycles. The molecule has 0 radical (unpaired) electrons. The molecule has 0 fully saturated rings. The monoisotopic (exact) mass is 171 g/mol. The van der Waals surface area contributed by atoms with Gasteiger partial charge in [-0.25, -0.2) is 4.98 Å². The highest BCUT2D eigenvalue weighted by molar-refractivity contribution is 8.00. The van der Waals surface area contributed by atoms with Gasteiger partial charge in [0, 0.05) is 17.3 Å². The van der Waals surface area contributed by atoms with E-state index in [1.165, 1.54) is 0 Å². The number of allylic oxidation sites excluding steroid dienone is 1. The molecule has 0 N–H and O–H groups in total. The van der Waals surface area contributed by atoms with E-state index in [0.29, 0.717) is 0 Å². The largest absolute Gasteiger partial charge is 0.238 e. The van der Waals surface area contributed by atoms with Crippen molar-refractivity contribution in [3.63, 3.8) is 0 Å². The highest BCUT2D eigenvalue weighted by Gasteiger charge is 1.92. The van der Waals surface area contributed by atoms with Crippen molar-refractivity contribution in [3.05, 3.63) is 24.2 Å². The predicted octanol–water partition coefficient (Wildman–Crippen LogP) is 2.81. The fourth-order valence-corrected chi connectivity index (χ4v) is 2.15. The quantitative estimate of drug-likeness (QED) is 0.392. The van der Waals surface area contributed by atoms with Crippen LogP contribution >= 0.6 is 23.1 Å². The van der Waals surface area contributed by atoms with Crippen molar-refractivity contribution in [2.75, 3.05) is 5.75 Å². The lowest BCUT2D eigenvalue weighted by molar-refractivity contribution is 1.21. The molecule has 0 saturated heterocycles. The Kier molecular flexibility index (Phi) is 3.54. The van der Waals surface area contributed by atoms with Gasteiger partial charge in [-0.3, -0.25) is 0 Å². The summed E-state index contributed by atoms with van der Waals surface area (Å²) in [5, 5.41) is 2.00. The first kappa shape index (κ1) is 7.82. The summed E-state index contributed by atoms with van der Waals surface area (Å²) in [6.45, 7) is 3.65. The number of rotatable bonds is 4. The predicted molar refractivity (Wildman–Crippen MR) is 47.7 cm³/mol. The van der Waals surface area contributed by atoms with Gasteiger partial charge in [0.05, 0.1) is 0 Å². The minimum atomic E-state index is 1.06. The third-order valence-corrected chi connectivity index (χ3v) is 2.96. The van der Waals surface area contributed by atoms with E-state index < -0.39 is 0 Å². The Bertz CT molecular complexity index is 181. The minimum absolute atomic E-state index is 1.06. The van der Waals surface area contributed by atoms with Gasteiger partial charge in [0.2, 0.25) is 0 Å². The van der Waals surface area contributed by atoms with Gasteiger partial charge in [0.25, 0.3) is 0 Å². The van der Waals surface area contributed by atoms with E-state index in [1.54, 1.807) is 23.1 Å². The Morgan fingerprint density at radius 3 is 3.30 bits per heavy atom. The zero-order valence-electron chi connectivity index (χ0n) is 5.62. The van der Waals surface area contributed by atoms with E-state index in [9.17, 15) is 0 Å². The topological polar surface area (TPSA) is 12.9 Å². The molecule has 0 atom stereocenters. The number of thiazole rings is 1. The fraction of sp³-hybridized carbons (Fsp3) is 0.286. The second kappa shape index (κ2) is 4.52. The van der Waals surface area contributed by atoms with Crippen LogP contribution in [0.2, 0.25) is 0 Å². The molecule has 0 aromatic carbocycles. The molecule has 1 rings (SSSR count). The Balaban J connectivity index is 2.21. The summed E-state index contributed by atoms with van der Waals surface area (Å²) in [4.78, 5) is 4.14. The number of hydrogen-bond donors (Lipinski definition) is 0. The summed E-state index contributed by atoms with van der Waals surface area (Å²) in [7, 11) is 0. The van der Waals surface area contributed by atoms with Crippen molar-refractivity contribution in [3.8, 4) is 0 Å². The second-order valence-corrected chi connectivity index (χ2v) is 3.96. The third-order valence-electron chi connectivity index (χ3n) is 0.957. The highest BCUT2D eigenvalue weighted by Crippen LogP contribution is 2.20. The second-order valence-electron chi connectivity index (χ2n) is 1.72. The van der Waals surface area contributed by atoms with Gasteiger partial charge in [-0.1, -0.05) is 17.8 Å². The molecule has 1 nitrogen and oxygen atoms in total. The molecule has 0 saturated carbocycles. The molecule has 1 aromatic rings. The Morgan fingerprint density at radius 1 is 1.80 bits per heavy atom. The molecule has 54 valence electrons. The molecular weight excluding hydrogens is 162 g/mol. The van der Waals surface area contributed by atoms with Crippen LogP contribution in [0.15, 0.2) is 28.6 Å². The first-order valence-corrected chi connectivity index (χ1v) is 4.93. The minimum Gasteiger partial charge on any atom is -0.238 e. The number of nitrogens with zero attached hydrogens (tertiary/aromatic N) is 1. The average Bonchev–Trinajstić information content (AvgIpc) is 2.41. The fourth-order valence-electron chi connectivity index (χ4n) is 0.511. The van der Waals surface area contributed by atoms with Gasteiger partial charge in [-0.2, -0.15) is 0 Å². The van der Waals surface area contributed by atoms with Gasteiger partial charge in [-0.15, -0.1) is 17.9 Å². The maximum atomic E-state index is 4.14. The zero-order valence-corrected chi connectivity index (χ0v) is 7.25. The van der Waals surface area contributed by atoms with Crippen molar-refractivity contribution in [1.82, 2.24) is 4.98 Å². The average molecular weight is 171 g/mol. The van der Waals surface area contributed by atoms with E-state index in [1.807, 2.05) is 17.7 Å². The van der Waals surface area contributed by atoms with Crippen LogP contribution in [0.4, 0.5) is 0 Å². The van der Waals surface area contributed by atoms with E-state index >= 15 is 0 Å². The van der Waals surface area contributed by atoms with Crippen LogP contribution in [0.3, 0.4) is 0 Å². The molecule has 10 heavy (non-hydrogen) atoms. The summed E-state index contributed by atoms with van der Waals surface area (Å²) in [5.74, 6) is 1.09. The van der Waals surface area contributed by atoms with Gasteiger partial charge in [-0.05, 0) is 6.42 Å². The SMILES string of the molecule is C=CCCSc1nccs1. The van der Waals surface area contributed by atoms with Gasteiger partial charge >= 0.3 is 0 Å². The number of thioether (sulfide) groups is 1. The van der Waals surface area contributed by atoms with Crippen LogP contribution in [-0.2, 0) is 0 Å². The van der Waals surface area contributed by atoms with E-state index in [2.05, 4.69) is 11.6 Å². The first-order chi connectivity index (χ1) is 4.93. The molecule has 0 aliphatic rings. The van der Waals surface area contributed by atoms with Crippen LogP contribution in [-0.4, -0.2) is 10.7 Å². The maximum absolute atomic E-state index is 4.14. The molecule has 0 aliphatic heterocycles. The third kappa shape index (κ3) is 2.54. The summed E-state index contributed by atoms with van der Waals surface area (Å²) < 4.78 is 1.15. The van der Waals surface area contributed by atoms with Crippen molar-refractivity contribution in [2.45, 2.75) is 10.8 Å². The number of aromatic nitrogens is 1. The van der Waals surface area contributed by atoms with Gasteiger partial charge in [0.15, 0.2) is 0 Å². The maximum Gasteiger partial charge on any atom is 0.149 e. The molecule has 3 heteroatoms. The lowest BCUT2D eigenvalue weighted by Gasteiger charge is -1.90. The van der Waals surface area contributed by atoms with Gasteiger partial charge in [0.1, 0.15) is 4.34 Å². The zero-order chi connectivity index (χ0) is 7.23. The summed E-state index contributed by atoms with van der Waals surface area (Å²) >= 11 is 3.48. The van der Waals surface area contributed by atoms with E-state index in [4.69, 9.17) is 0 Å².